The summed E-state index contributed by atoms with van der Waals surface area (Å²) >= 11 is 0. The maximum Gasteiger partial charge on any atom is 0.276 e. The Hall–Kier alpha value is -3.47. The number of nitrogens with zero attached hydrogens (tertiary/aromatic N) is 4. The molecule has 3 aromatic rings. The van der Waals surface area contributed by atoms with E-state index in [0.717, 1.165) is 0 Å². The van der Waals surface area contributed by atoms with Gasteiger partial charge in [0.2, 0.25) is 0 Å². The van der Waals surface area contributed by atoms with E-state index in [0.29, 0.717) is 28.9 Å². The van der Waals surface area contributed by atoms with E-state index in [1.807, 2.05) is 0 Å². The average Bonchev–Trinajstić information content (AvgIpc) is 2.83. The molecule has 1 saturated heterocycles. The monoisotopic (exact) mass is 450 g/mol. The first-order chi connectivity index (χ1) is 15.8. The van der Waals surface area contributed by atoms with Crippen LogP contribution in [0.3, 0.4) is 0 Å². The fraction of sp³-hybridized carbons (Fsp3) is 0.348. The maximum atomic E-state index is 13.1. The van der Waals surface area contributed by atoms with Crippen LogP contribution in [0.25, 0.3) is 11.3 Å². The lowest BCUT2D eigenvalue weighted by molar-refractivity contribution is -0.224. The molecule has 0 bridgehead atoms. The average molecular weight is 450 g/mol. The second kappa shape index (κ2) is 9.18. The lowest BCUT2D eigenvalue weighted by Crippen LogP contribution is -2.56. The summed E-state index contributed by atoms with van der Waals surface area (Å²) in [5.41, 5.74) is 7.25. The topological polar surface area (TPSA) is 156 Å². The number of carbonyl (C=O) groups is 1. The van der Waals surface area contributed by atoms with Gasteiger partial charge in [-0.1, -0.05) is 6.92 Å². The molecule has 1 amide bonds. The number of pyridine rings is 2. The van der Waals surface area contributed by atoms with Gasteiger partial charge in [-0.2, -0.15) is 10.2 Å². The molecule has 1 aliphatic heterocycles. The van der Waals surface area contributed by atoms with E-state index in [9.17, 15) is 15.0 Å². The summed E-state index contributed by atoms with van der Waals surface area (Å²) < 4.78 is 6.04. The second-order valence-corrected chi connectivity index (χ2v) is 8.05. The second-order valence-electron chi connectivity index (χ2n) is 8.05. The largest absolute Gasteiger partial charge is 0.397 e. The summed E-state index contributed by atoms with van der Waals surface area (Å²) in [6.07, 6.45) is 4.57. The Morgan fingerprint density at radius 2 is 2.06 bits per heavy atom. The molecule has 1 aliphatic rings. The minimum Gasteiger partial charge on any atom is -0.397 e. The Balaban J connectivity index is 1.60. The normalized spacial score (nSPS) is 24.9. The Morgan fingerprint density at radius 3 is 2.76 bits per heavy atom. The highest BCUT2D eigenvalue weighted by molar-refractivity contribution is 6.06. The quantitative estimate of drug-likeness (QED) is 0.457. The zero-order chi connectivity index (χ0) is 23.6. The van der Waals surface area contributed by atoms with E-state index in [2.05, 4.69) is 25.5 Å². The number of hydrogen-bond acceptors (Lipinski definition) is 9. The van der Waals surface area contributed by atoms with E-state index in [1.165, 1.54) is 12.4 Å². The molecule has 0 radical (unpaired) electrons. The van der Waals surface area contributed by atoms with Crippen LogP contribution in [0, 0.1) is 0 Å². The van der Waals surface area contributed by atoms with E-state index in [4.69, 9.17) is 10.5 Å². The first kappa shape index (κ1) is 22.7. The number of aromatic nitrogens is 4. The number of carbonyl (C=O) groups excluding carboxylic acids is 1. The van der Waals surface area contributed by atoms with Crippen molar-refractivity contribution in [3.8, 4) is 11.3 Å². The van der Waals surface area contributed by atoms with Crippen molar-refractivity contribution in [2.24, 2.45) is 0 Å². The molecule has 5 N–H and O–H groups in total. The van der Waals surface area contributed by atoms with E-state index in [-0.39, 0.29) is 17.8 Å². The number of amides is 1. The minimum absolute atomic E-state index is 0.0532. The fourth-order valence-corrected chi connectivity index (χ4v) is 4.05. The molecule has 3 aromatic heterocycles. The minimum atomic E-state index is -1.33. The number of hydrogen-bond donors (Lipinski definition) is 4. The number of rotatable bonds is 5. The summed E-state index contributed by atoms with van der Waals surface area (Å²) in [7, 11) is 0. The summed E-state index contributed by atoms with van der Waals surface area (Å²) in [6, 6.07) is 6.75. The lowest BCUT2D eigenvalue weighted by Gasteiger charge is -2.45. The van der Waals surface area contributed by atoms with Crippen LogP contribution < -0.4 is 11.1 Å². The molecule has 4 heterocycles. The van der Waals surface area contributed by atoms with Gasteiger partial charge in [0.05, 0.1) is 54.0 Å². The highest BCUT2D eigenvalue weighted by Crippen LogP contribution is 2.40. The number of anilines is 2. The van der Waals surface area contributed by atoms with Crippen molar-refractivity contribution < 1.29 is 19.7 Å². The fourth-order valence-electron chi connectivity index (χ4n) is 4.05. The number of aliphatic hydroxyl groups excluding tert-OH is 1. The van der Waals surface area contributed by atoms with Gasteiger partial charge in [-0.3, -0.25) is 9.78 Å². The van der Waals surface area contributed by atoms with Crippen LogP contribution in [0.2, 0.25) is 0 Å². The molecule has 33 heavy (non-hydrogen) atoms. The molecule has 10 nitrogen and oxygen atoms in total. The van der Waals surface area contributed by atoms with Gasteiger partial charge >= 0.3 is 0 Å². The molecular formula is C23H26N6O4. The standard InChI is InChI=1S/C23H26N6O4/c1-3-23(32)13(2)33-19(10-20(23)30)15-7-8-25-12-18(15)29-22(31)21-16(24)4-5-17(28-21)14-6-9-26-27-11-14/h4-9,11-13,19-20,30,32H,3,10,24H2,1-2H3,(H,29,31). The molecule has 4 rings (SSSR count). The number of nitrogens with one attached hydrogen (secondary N) is 1. The third kappa shape index (κ3) is 4.40. The molecule has 0 spiro atoms. The highest BCUT2D eigenvalue weighted by Gasteiger charge is 2.47. The first-order valence-electron chi connectivity index (χ1n) is 10.7. The van der Waals surface area contributed by atoms with Crippen LogP contribution in [-0.4, -0.2) is 54.1 Å². The zero-order valence-electron chi connectivity index (χ0n) is 18.3. The van der Waals surface area contributed by atoms with E-state index >= 15 is 0 Å². The molecule has 0 aliphatic carbocycles. The highest BCUT2D eigenvalue weighted by atomic mass is 16.5. The smallest absolute Gasteiger partial charge is 0.276 e. The molecular weight excluding hydrogens is 424 g/mol. The molecule has 4 unspecified atom stereocenters. The molecule has 0 aromatic carbocycles. The summed E-state index contributed by atoms with van der Waals surface area (Å²) in [5.74, 6) is -0.514. The Labute approximate surface area is 190 Å². The molecule has 10 heteroatoms. The molecule has 0 saturated carbocycles. The molecule has 1 fully saturated rings. The van der Waals surface area contributed by atoms with Crippen molar-refractivity contribution >= 4 is 17.3 Å². The van der Waals surface area contributed by atoms with Crippen molar-refractivity contribution in [3.63, 3.8) is 0 Å². The van der Waals surface area contributed by atoms with Crippen LogP contribution in [0.1, 0.15) is 48.8 Å². The van der Waals surface area contributed by atoms with Gasteiger partial charge < -0.3 is 26.0 Å². The SMILES string of the molecule is CCC1(O)C(O)CC(c2ccncc2NC(=O)c2nc(-c3ccnnc3)ccc2N)OC1C. The van der Waals surface area contributed by atoms with Crippen LogP contribution in [0.4, 0.5) is 11.4 Å². The summed E-state index contributed by atoms with van der Waals surface area (Å²) in [5, 5.41) is 31.7. The third-order valence-corrected chi connectivity index (χ3v) is 6.12. The van der Waals surface area contributed by atoms with Gasteiger partial charge in [0.15, 0.2) is 5.69 Å². The molecule has 172 valence electrons. The first-order valence-corrected chi connectivity index (χ1v) is 10.7. The zero-order valence-corrected chi connectivity index (χ0v) is 18.3. The van der Waals surface area contributed by atoms with Crippen molar-refractivity contribution in [2.45, 2.75) is 50.6 Å². The predicted octanol–water partition coefficient (Wildman–Crippen LogP) is 2.12. The van der Waals surface area contributed by atoms with Crippen molar-refractivity contribution in [1.82, 2.24) is 20.2 Å². The number of nitrogens with two attached hydrogens (primary N) is 1. The lowest BCUT2D eigenvalue weighted by atomic mass is 9.81. The summed E-state index contributed by atoms with van der Waals surface area (Å²) in [6.45, 7) is 3.53. The Morgan fingerprint density at radius 1 is 1.24 bits per heavy atom. The number of aliphatic hydroxyl groups is 2. The van der Waals surface area contributed by atoms with Crippen molar-refractivity contribution in [1.29, 1.82) is 0 Å². The van der Waals surface area contributed by atoms with Crippen LogP contribution in [0.15, 0.2) is 49.1 Å². The van der Waals surface area contributed by atoms with E-state index < -0.39 is 29.8 Å². The maximum absolute atomic E-state index is 13.1. The Bertz CT molecular complexity index is 1130. The van der Waals surface area contributed by atoms with Gasteiger partial charge in [-0.25, -0.2) is 4.98 Å². The van der Waals surface area contributed by atoms with Gasteiger partial charge in [0.1, 0.15) is 5.60 Å². The van der Waals surface area contributed by atoms with Crippen LogP contribution in [-0.2, 0) is 4.74 Å². The van der Waals surface area contributed by atoms with Gasteiger partial charge in [-0.05, 0) is 37.6 Å². The van der Waals surface area contributed by atoms with Gasteiger partial charge in [0.25, 0.3) is 5.91 Å². The predicted molar refractivity (Wildman–Crippen MR) is 121 cm³/mol. The number of nitrogen functional groups attached to an aromatic ring is 1. The third-order valence-electron chi connectivity index (χ3n) is 6.12. The van der Waals surface area contributed by atoms with Crippen molar-refractivity contribution in [3.05, 3.63) is 60.3 Å². The van der Waals surface area contributed by atoms with E-state index in [1.54, 1.807) is 50.5 Å². The molecule has 4 atom stereocenters. The van der Waals surface area contributed by atoms with Gasteiger partial charge in [0, 0.05) is 23.7 Å². The van der Waals surface area contributed by atoms with Gasteiger partial charge in [-0.15, -0.1) is 0 Å². The Kier molecular flexibility index (Phi) is 6.32. The van der Waals surface area contributed by atoms with Crippen molar-refractivity contribution in [2.75, 3.05) is 11.1 Å². The van der Waals surface area contributed by atoms with Crippen LogP contribution in [0.5, 0.6) is 0 Å². The van der Waals surface area contributed by atoms with Crippen LogP contribution >= 0.6 is 0 Å². The summed E-state index contributed by atoms with van der Waals surface area (Å²) in [4.78, 5) is 21.6. The number of ether oxygens (including phenoxy) is 1.